The van der Waals surface area contributed by atoms with Gasteiger partial charge in [-0.2, -0.15) is 0 Å². The maximum absolute atomic E-state index is 13.5. The van der Waals surface area contributed by atoms with Gasteiger partial charge in [0.1, 0.15) is 11.9 Å². The molecule has 0 radical (unpaired) electrons. The monoisotopic (exact) mass is 590 g/mol. The number of fused-ring (bicyclic) bond motifs is 6. The van der Waals surface area contributed by atoms with Crippen molar-refractivity contribution in [3.05, 3.63) is 115 Å². The lowest BCUT2D eigenvalue weighted by Crippen LogP contribution is -2.22. The first-order valence-electron chi connectivity index (χ1n) is 11.2. The summed E-state index contributed by atoms with van der Waals surface area (Å²) in [6.45, 7) is 0. The molecule has 6 aromatic rings. The summed E-state index contributed by atoms with van der Waals surface area (Å²) in [6.07, 6.45) is 1.55. The van der Waals surface area contributed by atoms with E-state index in [2.05, 4.69) is 26.0 Å². The molecule has 4 heterocycles. The SMILES string of the molecule is O=c1oc2ccccc2c2c1C(c1ccc(Cl)c(Cl)c1)c1c(ncn3nc(-c4ccccc4Br)nc13)O2. The molecule has 3 aromatic heterocycles. The average molecular weight is 592 g/mol. The molecule has 7 nitrogen and oxygen atoms in total. The zero-order valence-electron chi connectivity index (χ0n) is 18.7. The second kappa shape index (κ2) is 8.41. The maximum atomic E-state index is 13.5. The van der Waals surface area contributed by atoms with Gasteiger partial charge in [0.25, 0.3) is 0 Å². The Balaban J connectivity index is 1.56. The van der Waals surface area contributed by atoms with E-state index in [1.165, 1.54) is 0 Å². The highest BCUT2D eigenvalue weighted by Gasteiger charge is 2.37. The lowest BCUT2D eigenvalue weighted by Gasteiger charge is -2.27. The normalized spacial score (nSPS) is 14.4. The summed E-state index contributed by atoms with van der Waals surface area (Å²) in [4.78, 5) is 22.9. The molecule has 0 fully saturated rings. The van der Waals surface area contributed by atoms with Crippen molar-refractivity contribution in [1.82, 2.24) is 19.6 Å². The smallest absolute Gasteiger partial charge is 0.344 e. The van der Waals surface area contributed by atoms with E-state index in [1.54, 1.807) is 35.1 Å². The molecule has 10 heteroatoms. The van der Waals surface area contributed by atoms with Crippen molar-refractivity contribution >= 4 is 55.7 Å². The zero-order chi connectivity index (χ0) is 25.3. The first-order chi connectivity index (χ1) is 18.0. The second-order valence-electron chi connectivity index (χ2n) is 8.48. The number of aromatic nitrogens is 4. The van der Waals surface area contributed by atoms with E-state index < -0.39 is 11.5 Å². The second-order valence-corrected chi connectivity index (χ2v) is 10.2. The largest absolute Gasteiger partial charge is 0.437 e. The van der Waals surface area contributed by atoms with Gasteiger partial charge in [0.2, 0.25) is 5.88 Å². The molecule has 1 aliphatic rings. The van der Waals surface area contributed by atoms with Crippen LogP contribution in [0.15, 0.2) is 86.7 Å². The third kappa shape index (κ3) is 3.48. The van der Waals surface area contributed by atoms with Crippen LogP contribution in [0.3, 0.4) is 0 Å². The van der Waals surface area contributed by atoms with Gasteiger partial charge in [0, 0.05) is 10.0 Å². The van der Waals surface area contributed by atoms with Crippen LogP contribution in [-0.2, 0) is 0 Å². The molecular formula is C27H13BrCl2N4O3. The van der Waals surface area contributed by atoms with Gasteiger partial charge in [0.15, 0.2) is 17.2 Å². The lowest BCUT2D eigenvalue weighted by molar-refractivity contribution is 0.422. The number of rotatable bonds is 2. The Labute approximate surface area is 227 Å². The van der Waals surface area contributed by atoms with Crippen molar-refractivity contribution < 1.29 is 9.15 Å². The maximum Gasteiger partial charge on any atom is 0.344 e. The molecule has 37 heavy (non-hydrogen) atoms. The summed E-state index contributed by atoms with van der Waals surface area (Å²) in [5.41, 5.74) is 2.80. The number of nitrogens with zero attached hydrogens (tertiary/aromatic N) is 4. The first kappa shape index (κ1) is 22.5. The van der Waals surface area contributed by atoms with Gasteiger partial charge in [-0.15, -0.1) is 5.10 Å². The van der Waals surface area contributed by atoms with Crippen LogP contribution in [0.25, 0.3) is 28.0 Å². The quantitative estimate of drug-likeness (QED) is 0.197. The van der Waals surface area contributed by atoms with Crippen LogP contribution in [0.2, 0.25) is 10.0 Å². The van der Waals surface area contributed by atoms with Crippen molar-refractivity contribution in [1.29, 1.82) is 0 Å². The molecule has 1 atom stereocenters. The molecular weight excluding hydrogens is 579 g/mol. The zero-order valence-corrected chi connectivity index (χ0v) is 21.8. The predicted molar refractivity (Wildman–Crippen MR) is 144 cm³/mol. The molecule has 0 N–H and O–H groups in total. The Bertz CT molecular complexity index is 1950. The fraction of sp³-hybridized carbons (Fsp3) is 0.0370. The van der Waals surface area contributed by atoms with Gasteiger partial charge in [0.05, 0.1) is 32.5 Å². The Morgan fingerprint density at radius 3 is 2.59 bits per heavy atom. The topological polar surface area (TPSA) is 82.5 Å². The van der Waals surface area contributed by atoms with E-state index in [4.69, 9.17) is 37.3 Å². The predicted octanol–water partition coefficient (Wildman–Crippen LogP) is 7.25. The summed E-state index contributed by atoms with van der Waals surface area (Å²) in [5.74, 6) is 0.546. The Kier molecular flexibility index (Phi) is 5.11. The molecule has 0 aliphatic carbocycles. The lowest BCUT2D eigenvalue weighted by atomic mass is 9.84. The van der Waals surface area contributed by atoms with Gasteiger partial charge < -0.3 is 9.15 Å². The minimum absolute atomic E-state index is 0.318. The van der Waals surface area contributed by atoms with Crippen LogP contribution in [0.5, 0.6) is 11.6 Å². The van der Waals surface area contributed by atoms with Crippen LogP contribution in [0.1, 0.15) is 22.6 Å². The minimum atomic E-state index is -0.651. The number of halogens is 3. The van der Waals surface area contributed by atoms with Crippen molar-refractivity contribution in [2.75, 3.05) is 0 Å². The van der Waals surface area contributed by atoms with E-state index in [0.717, 1.165) is 10.0 Å². The highest BCUT2D eigenvalue weighted by Crippen LogP contribution is 2.49. The standard InChI is InChI=1S/C27H13BrCl2N4O3/c28-16-7-3-1-5-14(16)24-32-25-22-20(13-9-10-17(29)18(30)11-13)21-23(37-26(22)31-12-34(25)33-24)15-6-2-4-8-19(15)36-27(21)35/h1-12,20H. The van der Waals surface area contributed by atoms with Gasteiger partial charge in [-0.05, 0) is 42.0 Å². The Morgan fingerprint density at radius 2 is 1.76 bits per heavy atom. The van der Waals surface area contributed by atoms with Crippen molar-refractivity contribution in [3.63, 3.8) is 0 Å². The van der Waals surface area contributed by atoms with Crippen molar-refractivity contribution in [2.45, 2.75) is 5.92 Å². The Morgan fingerprint density at radius 1 is 0.946 bits per heavy atom. The molecule has 1 unspecified atom stereocenters. The van der Waals surface area contributed by atoms with Crippen LogP contribution in [0, 0.1) is 0 Å². The molecule has 0 amide bonds. The van der Waals surface area contributed by atoms with Crippen molar-refractivity contribution in [2.24, 2.45) is 0 Å². The Hall–Kier alpha value is -3.72. The fourth-order valence-electron chi connectivity index (χ4n) is 4.71. The number of hydrogen-bond acceptors (Lipinski definition) is 6. The van der Waals surface area contributed by atoms with E-state index in [0.29, 0.717) is 60.8 Å². The van der Waals surface area contributed by atoms with Crippen LogP contribution >= 0.6 is 39.1 Å². The van der Waals surface area contributed by atoms with Gasteiger partial charge >= 0.3 is 5.63 Å². The van der Waals surface area contributed by atoms with E-state index in [1.807, 2.05) is 42.5 Å². The van der Waals surface area contributed by atoms with E-state index >= 15 is 0 Å². The van der Waals surface area contributed by atoms with Crippen LogP contribution in [0.4, 0.5) is 0 Å². The highest BCUT2D eigenvalue weighted by molar-refractivity contribution is 9.10. The molecule has 3 aromatic carbocycles. The van der Waals surface area contributed by atoms with Crippen molar-refractivity contribution in [3.8, 4) is 23.0 Å². The summed E-state index contributed by atoms with van der Waals surface area (Å²) >= 11 is 16.2. The summed E-state index contributed by atoms with van der Waals surface area (Å²) in [6, 6.07) is 20.1. The molecule has 180 valence electrons. The number of ether oxygens (including phenoxy) is 1. The highest BCUT2D eigenvalue weighted by atomic mass is 79.9. The molecule has 1 aliphatic heterocycles. The molecule has 0 spiro atoms. The van der Waals surface area contributed by atoms with Gasteiger partial charge in [-0.25, -0.2) is 19.3 Å². The molecule has 0 bridgehead atoms. The summed E-state index contributed by atoms with van der Waals surface area (Å²) < 4.78 is 14.5. The van der Waals surface area contributed by atoms with Crippen LogP contribution < -0.4 is 10.4 Å². The number of hydrogen-bond donors (Lipinski definition) is 0. The minimum Gasteiger partial charge on any atom is -0.437 e. The molecule has 0 saturated heterocycles. The number of para-hydroxylation sites is 1. The van der Waals surface area contributed by atoms with Gasteiger partial charge in [-0.1, -0.05) is 69.5 Å². The van der Waals surface area contributed by atoms with Crippen LogP contribution in [-0.4, -0.2) is 19.6 Å². The third-order valence-electron chi connectivity index (χ3n) is 6.35. The third-order valence-corrected chi connectivity index (χ3v) is 7.78. The van der Waals surface area contributed by atoms with Gasteiger partial charge in [-0.3, -0.25) is 0 Å². The average Bonchev–Trinajstić information content (AvgIpc) is 3.34. The summed E-state index contributed by atoms with van der Waals surface area (Å²) in [5, 5.41) is 6.06. The van der Waals surface area contributed by atoms with E-state index in [9.17, 15) is 4.79 Å². The molecule has 7 rings (SSSR count). The number of benzene rings is 3. The first-order valence-corrected chi connectivity index (χ1v) is 12.7. The summed E-state index contributed by atoms with van der Waals surface area (Å²) in [7, 11) is 0. The molecule has 0 saturated carbocycles. The van der Waals surface area contributed by atoms with E-state index in [-0.39, 0.29) is 0 Å². The fourth-order valence-corrected chi connectivity index (χ4v) is 5.48.